The minimum absolute atomic E-state index is 0.00568. The Morgan fingerprint density at radius 2 is 1.10 bits per heavy atom. The summed E-state index contributed by atoms with van der Waals surface area (Å²) in [5.74, 6) is 10.0. The predicted octanol–water partition coefficient (Wildman–Crippen LogP) is 6.15. The maximum atomic E-state index is 13.3. The molecule has 302 valence electrons. The van der Waals surface area contributed by atoms with E-state index in [2.05, 4.69) is 49.0 Å². The first-order chi connectivity index (χ1) is 29.0. The molecule has 13 nitrogen and oxygen atoms in total. The quantitative estimate of drug-likeness (QED) is 0.0951. The van der Waals surface area contributed by atoms with E-state index in [0.29, 0.717) is 84.3 Å². The van der Waals surface area contributed by atoms with Gasteiger partial charge in [-0.3, -0.25) is 14.4 Å². The van der Waals surface area contributed by atoms with Crippen molar-refractivity contribution < 1.29 is 28.3 Å². The number of phenols is 1. The smallest absolute Gasteiger partial charge is 0.257 e. The van der Waals surface area contributed by atoms with Gasteiger partial charge in [-0.1, -0.05) is 35.2 Å². The zero-order valence-electron chi connectivity index (χ0n) is 32.8. The summed E-state index contributed by atoms with van der Waals surface area (Å²) in [6, 6.07) is 23.0. The number of carbonyl (C=O) groups is 3. The van der Waals surface area contributed by atoms with Crippen LogP contribution in [0.2, 0.25) is 0 Å². The number of piperazine rings is 2. The Kier molecular flexibility index (Phi) is 13.8. The van der Waals surface area contributed by atoms with Gasteiger partial charge in [0.1, 0.15) is 28.8 Å². The largest absolute Gasteiger partial charge is 0.507 e. The van der Waals surface area contributed by atoms with Gasteiger partial charge in [-0.15, -0.1) is 0 Å². The number of pyridine rings is 2. The predicted molar refractivity (Wildman–Crippen MR) is 220 cm³/mol. The van der Waals surface area contributed by atoms with Crippen LogP contribution in [0.15, 0.2) is 96.1 Å². The second-order valence-corrected chi connectivity index (χ2v) is 13.7. The summed E-state index contributed by atoms with van der Waals surface area (Å²) < 4.78 is 26.5. The summed E-state index contributed by atoms with van der Waals surface area (Å²) in [6.45, 7) is 7.82. The number of amides is 3. The lowest BCUT2D eigenvalue weighted by molar-refractivity contribution is 0.0533. The number of nitrogens with zero attached hydrogens (tertiary/aromatic N) is 8. The number of hydrogen-bond acceptors (Lipinski definition) is 8. The number of aryl methyl sites for hydroxylation is 2. The van der Waals surface area contributed by atoms with Crippen molar-refractivity contribution in [2.75, 3.05) is 52.4 Å². The van der Waals surface area contributed by atoms with Crippen LogP contribution in [0, 0.1) is 49.2 Å². The zero-order valence-corrected chi connectivity index (χ0v) is 32.8. The van der Waals surface area contributed by atoms with Gasteiger partial charge in [0.2, 0.25) is 0 Å². The lowest BCUT2D eigenvalue weighted by Gasteiger charge is -2.35. The van der Waals surface area contributed by atoms with E-state index in [1.165, 1.54) is 42.5 Å². The van der Waals surface area contributed by atoms with Crippen LogP contribution in [0.4, 0.5) is 14.5 Å². The summed E-state index contributed by atoms with van der Waals surface area (Å²) >= 11 is 0. The number of hydrogen-bond donors (Lipinski definition) is 2. The Labute approximate surface area is 345 Å². The van der Waals surface area contributed by atoms with Crippen molar-refractivity contribution in [3.63, 3.8) is 0 Å². The lowest BCUT2D eigenvalue weighted by atomic mass is 10.1. The highest BCUT2D eigenvalue weighted by Gasteiger charge is 2.28. The van der Waals surface area contributed by atoms with Crippen molar-refractivity contribution in [3.05, 3.63) is 164 Å². The van der Waals surface area contributed by atoms with E-state index >= 15 is 0 Å². The maximum absolute atomic E-state index is 13.3. The molecule has 2 aliphatic rings. The Bertz CT molecular complexity index is 2610. The van der Waals surface area contributed by atoms with E-state index < -0.39 is 0 Å². The van der Waals surface area contributed by atoms with E-state index in [9.17, 15) is 28.3 Å². The van der Waals surface area contributed by atoms with Crippen LogP contribution in [0.3, 0.4) is 0 Å². The average Bonchev–Trinajstić information content (AvgIpc) is 3.25. The molecule has 0 aliphatic carbocycles. The first-order valence-electron chi connectivity index (χ1n) is 19.0. The molecular weight excluding hydrogens is 769 g/mol. The maximum Gasteiger partial charge on any atom is 0.257 e. The van der Waals surface area contributed by atoms with Gasteiger partial charge in [-0.25, -0.2) is 18.7 Å². The van der Waals surface area contributed by atoms with Gasteiger partial charge in [0, 0.05) is 74.1 Å². The Balaban J connectivity index is 0.000000218. The molecule has 2 saturated heterocycles. The molecule has 5 aromatic rings. The monoisotopic (exact) mass is 807 g/mol. The van der Waals surface area contributed by atoms with E-state index in [1.54, 1.807) is 65.3 Å². The molecule has 4 heterocycles. The van der Waals surface area contributed by atoms with Crippen molar-refractivity contribution >= 4 is 23.4 Å². The van der Waals surface area contributed by atoms with Gasteiger partial charge in [-0.2, -0.15) is 0 Å². The SMILES string of the molecule is Cc1nc(C#Cc2cccc(F)c2)ccc1C(=O)N1CCN(C(=O)c2ccc(N=[N+]=[N-])cc2O)CC1.Cc1nc(C#Cc2cccc(F)c2)ccc1C(=O)N1CCNCC1. The fourth-order valence-electron chi connectivity index (χ4n) is 6.42. The molecule has 2 fully saturated rings. The van der Waals surface area contributed by atoms with Crippen LogP contribution in [0.25, 0.3) is 10.4 Å². The molecule has 7 rings (SSSR count). The second-order valence-electron chi connectivity index (χ2n) is 13.7. The minimum atomic E-state index is -0.369. The van der Waals surface area contributed by atoms with Crippen LogP contribution in [0.5, 0.6) is 5.75 Å². The number of aromatic hydroxyl groups is 1. The van der Waals surface area contributed by atoms with E-state index in [4.69, 9.17) is 5.53 Å². The molecule has 60 heavy (non-hydrogen) atoms. The van der Waals surface area contributed by atoms with E-state index in [1.807, 2.05) is 11.8 Å². The highest BCUT2D eigenvalue weighted by Crippen LogP contribution is 2.26. The number of nitrogens with one attached hydrogen (secondary N) is 1. The first-order valence-corrected chi connectivity index (χ1v) is 19.0. The van der Waals surface area contributed by atoms with Crippen molar-refractivity contribution in [1.82, 2.24) is 30.0 Å². The highest BCUT2D eigenvalue weighted by atomic mass is 19.1. The molecule has 3 aromatic carbocycles. The van der Waals surface area contributed by atoms with Crippen molar-refractivity contribution in [2.24, 2.45) is 5.11 Å². The van der Waals surface area contributed by atoms with Gasteiger partial charge in [0.25, 0.3) is 17.7 Å². The molecule has 0 bridgehead atoms. The van der Waals surface area contributed by atoms with Gasteiger partial charge in [0.15, 0.2) is 0 Å². The molecule has 2 N–H and O–H groups in total. The standard InChI is InChI=1S/C26H21FN6O3.C19H18FN3O/c1-17-22(9-7-20(29-17)6-5-18-3-2-4-19(27)15-18)25(35)32-11-13-33(14-12-32)26(36)23-10-8-21(30-31-28)16-24(23)34;1-14-18(19(24)23-11-9-21-10-12-23)8-7-17(22-14)6-5-15-3-2-4-16(20)13-15/h2-4,7-10,15-16,34H,11-14H2,1H3;2-4,7-8,13,21H,9-12H2,1H3. The Morgan fingerprint density at radius 1 is 0.650 bits per heavy atom. The molecular formula is C45H39F2N9O4. The van der Waals surface area contributed by atoms with Gasteiger partial charge in [-0.05, 0) is 104 Å². The summed E-state index contributed by atoms with van der Waals surface area (Å²) in [5.41, 5.74) is 13.2. The fraction of sp³-hybridized carbons (Fsp3) is 0.222. The van der Waals surface area contributed by atoms with Gasteiger partial charge >= 0.3 is 0 Å². The van der Waals surface area contributed by atoms with Crippen molar-refractivity contribution in [3.8, 4) is 29.4 Å². The Morgan fingerprint density at radius 3 is 1.53 bits per heavy atom. The number of benzene rings is 3. The number of aromatic nitrogens is 2. The number of phenolic OH excluding ortho intramolecular Hbond substituents is 1. The van der Waals surface area contributed by atoms with Crippen LogP contribution < -0.4 is 5.32 Å². The molecule has 0 atom stereocenters. The topological polar surface area (TPSA) is 168 Å². The highest BCUT2D eigenvalue weighted by molar-refractivity contribution is 5.98. The summed E-state index contributed by atoms with van der Waals surface area (Å²) in [5, 5.41) is 16.8. The van der Waals surface area contributed by atoms with E-state index in [-0.39, 0.29) is 46.4 Å². The number of halogens is 2. The number of rotatable bonds is 4. The third-order valence-electron chi connectivity index (χ3n) is 9.58. The summed E-state index contributed by atoms with van der Waals surface area (Å²) in [4.78, 5) is 54.9. The average molecular weight is 808 g/mol. The third-order valence-corrected chi connectivity index (χ3v) is 9.58. The Hall–Kier alpha value is -7.58. The summed E-state index contributed by atoms with van der Waals surface area (Å²) in [6.07, 6.45) is 0. The minimum Gasteiger partial charge on any atom is -0.507 e. The van der Waals surface area contributed by atoms with Gasteiger partial charge in [0.05, 0.1) is 28.1 Å². The van der Waals surface area contributed by atoms with Crippen LogP contribution >= 0.6 is 0 Å². The molecule has 0 radical (unpaired) electrons. The van der Waals surface area contributed by atoms with Crippen molar-refractivity contribution in [1.29, 1.82) is 0 Å². The van der Waals surface area contributed by atoms with E-state index in [0.717, 1.165) is 13.1 Å². The van der Waals surface area contributed by atoms with Crippen LogP contribution in [-0.2, 0) is 0 Å². The third kappa shape index (κ3) is 10.9. The number of carbonyl (C=O) groups excluding carboxylic acids is 3. The summed E-state index contributed by atoms with van der Waals surface area (Å²) in [7, 11) is 0. The normalized spacial score (nSPS) is 13.3. The molecule has 0 saturated carbocycles. The molecule has 15 heteroatoms. The molecule has 2 aliphatic heterocycles. The molecule has 0 spiro atoms. The molecule has 0 unspecified atom stereocenters. The molecule has 2 aromatic heterocycles. The van der Waals surface area contributed by atoms with Crippen LogP contribution in [-0.4, -0.2) is 99.9 Å². The molecule has 3 amide bonds. The number of azide groups is 1. The first kappa shape index (κ1) is 42.0. The second kappa shape index (κ2) is 19.7. The zero-order chi connectivity index (χ0) is 42.6. The fourth-order valence-corrected chi connectivity index (χ4v) is 6.42. The van der Waals surface area contributed by atoms with Crippen LogP contribution in [0.1, 0.15) is 65.0 Å². The lowest BCUT2D eigenvalue weighted by Crippen LogP contribution is -2.50. The van der Waals surface area contributed by atoms with Crippen molar-refractivity contribution in [2.45, 2.75) is 13.8 Å². The van der Waals surface area contributed by atoms with Gasteiger partial charge < -0.3 is 25.1 Å².